The van der Waals surface area contributed by atoms with Crippen molar-refractivity contribution in [3.63, 3.8) is 0 Å². The standard InChI is InChI=1S/C17H26N2O2/c1-14-7-6-10-17(18,13-14)16(20)19(2)11-12-21-15-8-4-3-5-9-15/h3-5,8-9,14H,6-7,10-13,18H2,1-2H3. The smallest absolute Gasteiger partial charge is 0.242 e. The Balaban J connectivity index is 1.82. The summed E-state index contributed by atoms with van der Waals surface area (Å²) < 4.78 is 5.63. The summed E-state index contributed by atoms with van der Waals surface area (Å²) in [6.07, 6.45) is 3.79. The first-order chi connectivity index (χ1) is 10.0. The van der Waals surface area contributed by atoms with E-state index in [4.69, 9.17) is 10.5 Å². The maximum absolute atomic E-state index is 12.6. The van der Waals surface area contributed by atoms with Gasteiger partial charge in [0, 0.05) is 7.05 Å². The molecule has 0 spiro atoms. The van der Waals surface area contributed by atoms with E-state index in [1.807, 2.05) is 37.4 Å². The van der Waals surface area contributed by atoms with E-state index in [9.17, 15) is 4.79 Å². The molecule has 1 aromatic rings. The molecular formula is C17H26N2O2. The second kappa shape index (κ2) is 6.94. The van der Waals surface area contributed by atoms with Gasteiger partial charge in [-0.2, -0.15) is 0 Å². The summed E-state index contributed by atoms with van der Waals surface area (Å²) in [5.41, 5.74) is 5.66. The van der Waals surface area contributed by atoms with Crippen LogP contribution in [0, 0.1) is 5.92 Å². The largest absolute Gasteiger partial charge is 0.492 e. The molecule has 0 bridgehead atoms. The number of ether oxygens (including phenoxy) is 1. The minimum absolute atomic E-state index is 0.0470. The molecule has 0 aromatic heterocycles. The molecule has 4 heteroatoms. The van der Waals surface area contributed by atoms with Crippen molar-refractivity contribution < 1.29 is 9.53 Å². The Morgan fingerprint density at radius 2 is 2.14 bits per heavy atom. The average Bonchev–Trinajstić information content (AvgIpc) is 2.47. The molecule has 2 atom stereocenters. The number of amides is 1. The second-order valence-corrected chi connectivity index (χ2v) is 6.25. The highest BCUT2D eigenvalue weighted by molar-refractivity contribution is 5.86. The lowest BCUT2D eigenvalue weighted by molar-refractivity contribution is -0.137. The van der Waals surface area contributed by atoms with Crippen molar-refractivity contribution in [2.75, 3.05) is 20.2 Å². The maximum atomic E-state index is 12.6. The van der Waals surface area contributed by atoms with E-state index in [2.05, 4.69) is 6.92 Å². The zero-order chi connectivity index (χ0) is 15.3. The Morgan fingerprint density at radius 1 is 1.43 bits per heavy atom. The van der Waals surface area contributed by atoms with Crippen LogP contribution in [-0.2, 0) is 4.79 Å². The minimum atomic E-state index is -0.681. The average molecular weight is 290 g/mol. The summed E-state index contributed by atoms with van der Waals surface area (Å²) >= 11 is 0. The van der Waals surface area contributed by atoms with Gasteiger partial charge in [-0.1, -0.05) is 38.0 Å². The van der Waals surface area contributed by atoms with E-state index in [1.165, 1.54) is 6.42 Å². The highest BCUT2D eigenvalue weighted by Gasteiger charge is 2.39. The van der Waals surface area contributed by atoms with E-state index in [1.54, 1.807) is 4.90 Å². The first-order valence-corrected chi connectivity index (χ1v) is 7.73. The lowest BCUT2D eigenvalue weighted by Crippen LogP contribution is -2.57. The number of benzene rings is 1. The lowest BCUT2D eigenvalue weighted by Gasteiger charge is -2.38. The van der Waals surface area contributed by atoms with Crippen LogP contribution in [0.3, 0.4) is 0 Å². The monoisotopic (exact) mass is 290 g/mol. The van der Waals surface area contributed by atoms with Crippen LogP contribution < -0.4 is 10.5 Å². The lowest BCUT2D eigenvalue weighted by atomic mass is 9.76. The van der Waals surface area contributed by atoms with Crippen LogP contribution in [0.25, 0.3) is 0 Å². The third-order valence-corrected chi connectivity index (χ3v) is 4.24. The van der Waals surface area contributed by atoms with Gasteiger partial charge in [-0.15, -0.1) is 0 Å². The van der Waals surface area contributed by atoms with Gasteiger partial charge in [-0.3, -0.25) is 4.79 Å². The Morgan fingerprint density at radius 3 is 2.81 bits per heavy atom. The minimum Gasteiger partial charge on any atom is -0.492 e. The van der Waals surface area contributed by atoms with Gasteiger partial charge in [0.2, 0.25) is 5.91 Å². The van der Waals surface area contributed by atoms with Crippen LogP contribution in [0.15, 0.2) is 30.3 Å². The Hall–Kier alpha value is -1.55. The molecule has 21 heavy (non-hydrogen) atoms. The van der Waals surface area contributed by atoms with E-state index >= 15 is 0 Å². The molecule has 1 amide bonds. The number of hydrogen-bond donors (Lipinski definition) is 1. The topological polar surface area (TPSA) is 55.6 Å². The summed E-state index contributed by atoms with van der Waals surface area (Å²) in [5, 5.41) is 0. The molecular weight excluding hydrogens is 264 g/mol. The molecule has 1 saturated carbocycles. The highest BCUT2D eigenvalue weighted by atomic mass is 16.5. The van der Waals surface area contributed by atoms with E-state index in [0.29, 0.717) is 19.1 Å². The summed E-state index contributed by atoms with van der Waals surface area (Å²) in [5.74, 6) is 1.40. The molecule has 0 radical (unpaired) electrons. The van der Waals surface area contributed by atoms with E-state index in [-0.39, 0.29) is 5.91 Å². The number of hydrogen-bond acceptors (Lipinski definition) is 3. The fourth-order valence-corrected chi connectivity index (χ4v) is 3.08. The van der Waals surface area contributed by atoms with Crippen molar-refractivity contribution in [3.05, 3.63) is 30.3 Å². The zero-order valence-corrected chi connectivity index (χ0v) is 13.0. The van der Waals surface area contributed by atoms with E-state index in [0.717, 1.165) is 25.0 Å². The molecule has 2 rings (SSSR count). The third kappa shape index (κ3) is 4.21. The molecule has 2 N–H and O–H groups in total. The molecule has 1 aliphatic carbocycles. The van der Waals surface area contributed by atoms with Gasteiger partial charge < -0.3 is 15.4 Å². The first-order valence-electron chi connectivity index (χ1n) is 7.73. The predicted octanol–water partition coefficient (Wildman–Crippen LogP) is 2.43. The zero-order valence-electron chi connectivity index (χ0n) is 13.0. The van der Waals surface area contributed by atoms with Crippen molar-refractivity contribution in [2.45, 2.75) is 38.1 Å². The van der Waals surface area contributed by atoms with Crippen molar-refractivity contribution in [2.24, 2.45) is 11.7 Å². The van der Waals surface area contributed by atoms with Gasteiger partial charge in [0.15, 0.2) is 0 Å². The van der Waals surface area contributed by atoms with Crippen LogP contribution in [0.1, 0.15) is 32.6 Å². The Kier molecular flexibility index (Phi) is 5.23. The van der Waals surface area contributed by atoms with Crippen LogP contribution in [0.5, 0.6) is 5.75 Å². The van der Waals surface area contributed by atoms with Crippen molar-refractivity contribution >= 4 is 5.91 Å². The number of rotatable bonds is 5. The van der Waals surface area contributed by atoms with Crippen molar-refractivity contribution in [1.82, 2.24) is 4.90 Å². The third-order valence-electron chi connectivity index (χ3n) is 4.24. The molecule has 0 aliphatic heterocycles. The van der Waals surface area contributed by atoms with Crippen LogP contribution >= 0.6 is 0 Å². The van der Waals surface area contributed by atoms with Gasteiger partial charge >= 0.3 is 0 Å². The highest BCUT2D eigenvalue weighted by Crippen LogP contribution is 2.31. The Bertz CT molecular complexity index is 463. The number of nitrogens with two attached hydrogens (primary N) is 1. The van der Waals surface area contributed by atoms with Crippen LogP contribution in [-0.4, -0.2) is 36.5 Å². The fourth-order valence-electron chi connectivity index (χ4n) is 3.08. The summed E-state index contributed by atoms with van der Waals surface area (Å²) in [7, 11) is 1.81. The quantitative estimate of drug-likeness (QED) is 0.906. The summed E-state index contributed by atoms with van der Waals surface area (Å²) in [4.78, 5) is 14.3. The SMILES string of the molecule is CC1CCCC(N)(C(=O)N(C)CCOc2ccccc2)C1. The number of nitrogens with zero attached hydrogens (tertiary/aromatic N) is 1. The maximum Gasteiger partial charge on any atom is 0.242 e. The number of likely N-dealkylation sites (N-methyl/N-ethyl adjacent to an activating group) is 1. The molecule has 2 unspecified atom stereocenters. The predicted molar refractivity (Wildman–Crippen MR) is 84.1 cm³/mol. The van der Waals surface area contributed by atoms with Crippen molar-refractivity contribution in [1.29, 1.82) is 0 Å². The molecule has 1 fully saturated rings. The van der Waals surface area contributed by atoms with E-state index < -0.39 is 5.54 Å². The summed E-state index contributed by atoms with van der Waals surface area (Å²) in [6.45, 7) is 3.21. The number of carbonyl (C=O) groups is 1. The number of carbonyl (C=O) groups excluding carboxylic acids is 1. The normalized spacial score (nSPS) is 25.4. The molecule has 1 aromatic carbocycles. The van der Waals surface area contributed by atoms with Gasteiger partial charge in [-0.05, 0) is 30.9 Å². The Labute approximate surface area is 127 Å². The second-order valence-electron chi connectivity index (χ2n) is 6.25. The van der Waals surface area contributed by atoms with Gasteiger partial charge in [-0.25, -0.2) is 0 Å². The molecule has 0 saturated heterocycles. The van der Waals surface area contributed by atoms with Gasteiger partial charge in [0.1, 0.15) is 12.4 Å². The fraction of sp³-hybridized carbons (Fsp3) is 0.588. The van der Waals surface area contributed by atoms with Gasteiger partial charge in [0.05, 0.1) is 12.1 Å². The first kappa shape index (κ1) is 15.8. The van der Waals surface area contributed by atoms with Gasteiger partial charge in [0.25, 0.3) is 0 Å². The summed E-state index contributed by atoms with van der Waals surface area (Å²) in [6, 6.07) is 9.64. The van der Waals surface area contributed by atoms with Crippen LogP contribution in [0.2, 0.25) is 0 Å². The molecule has 116 valence electrons. The molecule has 1 aliphatic rings. The van der Waals surface area contributed by atoms with Crippen LogP contribution in [0.4, 0.5) is 0 Å². The number of para-hydroxylation sites is 1. The van der Waals surface area contributed by atoms with Crippen molar-refractivity contribution in [3.8, 4) is 5.75 Å². The molecule has 0 heterocycles. The molecule has 4 nitrogen and oxygen atoms in total.